The third-order valence-electron chi connectivity index (χ3n) is 3.94. The number of ether oxygens (including phenoxy) is 1. The Morgan fingerprint density at radius 2 is 1.73 bits per heavy atom. The molecule has 0 fully saturated rings. The second-order valence-electron chi connectivity index (χ2n) is 6.10. The van der Waals surface area contributed by atoms with Gasteiger partial charge < -0.3 is 20.7 Å². The number of benzene rings is 2. The highest BCUT2D eigenvalue weighted by Crippen LogP contribution is 2.28. The third kappa shape index (κ3) is 5.24. The van der Waals surface area contributed by atoms with Crippen molar-refractivity contribution in [1.82, 2.24) is 5.32 Å². The van der Waals surface area contributed by atoms with Gasteiger partial charge in [-0.3, -0.25) is 9.59 Å². The Kier molecular flexibility index (Phi) is 6.60. The molecule has 0 radical (unpaired) electrons. The number of rotatable bonds is 7. The van der Waals surface area contributed by atoms with Crippen molar-refractivity contribution >= 4 is 23.2 Å². The van der Waals surface area contributed by atoms with Gasteiger partial charge in [-0.1, -0.05) is 30.3 Å². The van der Waals surface area contributed by atoms with Gasteiger partial charge in [-0.25, -0.2) is 0 Å². The minimum absolute atomic E-state index is 0.0967. The second kappa shape index (κ2) is 8.89. The van der Waals surface area contributed by atoms with Gasteiger partial charge in [-0.15, -0.1) is 0 Å². The minimum atomic E-state index is -0.484. The van der Waals surface area contributed by atoms with Crippen molar-refractivity contribution in [3.63, 3.8) is 0 Å². The van der Waals surface area contributed by atoms with Crippen LogP contribution in [0, 0.1) is 0 Å². The highest BCUT2D eigenvalue weighted by molar-refractivity contribution is 5.90. The molecule has 0 aliphatic rings. The fraction of sp³-hybridized carbons (Fsp3) is 0.300. The van der Waals surface area contributed by atoms with Gasteiger partial charge >= 0.3 is 0 Å². The summed E-state index contributed by atoms with van der Waals surface area (Å²) < 4.78 is 5.33. The number of carbonyl (C=O) groups is 2. The van der Waals surface area contributed by atoms with Gasteiger partial charge in [0.25, 0.3) is 0 Å². The predicted octanol–water partition coefficient (Wildman–Crippen LogP) is 3.33. The maximum Gasteiger partial charge on any atom is 0.242 e. The molecule has 26 heavy (non-hydrogen) atoms. The average molecular weight is 355 g/mol. The minimum Gasteiger partial charge on any atom is -0.495 e. The van der Waals surface area contributed by atoms with E-state index in [1.807, 2.05) is 37.3 Å². The Balaban J connectivity index is 2.06. The molecule has 0 unspecified atom stereocenters. The van der Waals surface area contributed by atoms with Crippen LogP contribution in [0.3, 0.4) is 0 Å². The van der Waals surface area contributed by atoms with E-state index in [9.17, 15) is 9.59 Å². The van der Waals surface area contributed by atoms with Crippen LogP contribution in [-0.4, -0.2) is 25.0 Å². The Labute approximate surface area is 153 Å². The van der Waals surface area contributed by atoms with E-state index in [-0.39, 0.29) is 17.9 Å². The molecule has 0 aliphatic heterocycles. The van der Waals surface area contributed by atoms with E-state index >= 15 is 0 Å². The zero-order chi connectivity index (χ0) is 19.1. The number of hydrogen-bond donors (Lipinski definition) is 3. The lowest BCUT2D eigenvalue weighted by atomic mass is 10.1. The van der Waals surface area contributed by atoms with Gasteiger partial charge in [0.1, 0.15) is 11.8 Å². The van der Waals surface area contributed by atoms with Crippen molar-refractivity contribution in [2.24, 2.45) is 0 Å². The largest absolute Gasteiger partial charge is 0.495 e. The fourth-order valence-electron chi connectivity index (χ4n) is 2.56. The molecule has 2 amide bonds. The first-order chi connectivity index (χ1) is 12.4. The molecule has 2 aromatic rings. The van der Waals surface area contributed by atoms with Crippen molar-refractivity contribution in [3.05, 3.63) is 54.1 Å². The summed E-state index contributed by atoms with van der Waals surface area (Å²) in [4.78, 5) is 23.7. The molecular formula is C20H25N3O3. The van der Waals surface area contributed by atoms with Crippen LogP contribution in [0.25, 0.3) is 0 Å². The Morgan fingerprint density at radius 3 is 2.35 bits per heavy atom. The highest BCUT2D eigenvalue weighted by Gasteiger charge is 2.17. The van der Waals surface area contributed by atoms with E-state index in [1.165, 1.54) is 6.92 Å². The van der Waals surface area contributed by atoms with Crippen molar-refractivity contribution in [2.45, 2.75) is 32.9 Å². The van der Waals surface area contributed by atoms with Crippen LogP contribution < -0.4 is 20.7 Å². The van der Waals surface area contributed by atoms with E-state index in [4.69, 9.17) is 4.74 Å². The average Bonchev–Trinajstić information content (AvgIpc) is 2.62. The molecule has 0 saturated heterocycles. The number of nitrogens with one attached hydrogen (secondary N) is 3. The van der Waals surface area contributed by atoms with E-state index in [2.05, 4.69) is 16.0 Å². The number of amides is 2. The van der Waals surface area contributed by atoms with Gasteiger partial charge in [0.15, 0.2) is 0 Å². The molecule has 0 spiro atoms. The molecule has 6 heteroatoms. The summed E-state index contributed by atoms with van der Waals surface area (Å²) in [5, 5.41) is 8.85. The van der Waals surface area contributed by atoms with Gasteiger partial charge in [0.2, 0.25) is 11.8 Å². The molecular weight excluding hydrogens is 330 g/mol. The van der Waals surface area contributed by atoms with E-state index in [0.29, 0.717) is 17.1 Å². The SMILES string of the molecule is COc1ccc(NC(C)=O)cc1N[C@H](C)C(=O)N[C@@H](C)c1ccccc1. The number of anilines is 2. The summed E-state index contributed by atoms with van der Waals surface area (Å²) in [5.74, 6) is 0.298. The van der Waals surface area contributed by atoms with Crippen molar-refractivity contribution in [3.8, 4) is 5.75 Å². The Hall–Kier alpha value is -3.02. The summed E-state index contributed by atoms with van der Waals surface area (Å²) in [6.07, 6.45) is 0. The van der Waals surface area contributed by atoms with E-state index in [0.717, 1.165) is 5.56 Å². The maximum absolute atomic E-state index is 12.5. The second-order valence-corrected chi connectivity index (χ2v) is 6.10. The molecule has 2 rings (SSSR count). The molecule has 0 aromatic heterocycles. The lowest BCUT2D eigenvalue weighted by Gasteiger charge is -2.21. The van der Waals surface area contributed by atoms with Gasteiger partial charge in [0, 0.05) is 12.6 Å². The first-order valence-corrected chi connectivity index (χ1v) is 8.48. The molecule has 0 bridgehead atoms. The Bertz CT molecular complexity index is 762. The third-order valence-corrected chi connectivity index (χ3v) is 3.94. The lowest BCUT2D eigenvalue weighted by Crippen LogP contribution is -2.38. The van der Waals surface area contributed by atoms with Gasteiger partial charge in [-0.2, -0.15) is 0 Å². The van der Waals surface area contributed by atoms with Crippen LogP contribution in [0.4, 0.5) is 11.4 Å². The summed E-state index contributed by atoms with van der Waals surface area (Å²) >= 11 is 0. The summed E-state index contributed by atoms with van der Waals surface area (Å²) in [5.41, 5.74) is 2.30. The Morgan fingerprint density at radius 1 is 1.04 bits per heavy atom. The van der Waals surface area contributed by atoms with Crippen molar-refractivity contribution < 1.29 is 14.3 Å². The molecule has 2 atom stereocenters. The van der Waals surface area contributed by atoms with Crippen molar-refractivity contribution in [2.75, 3.05) is 17.7 Å². The molecule has 0 aliphatic carbocycles. The van der Waals surface area contributed by atoms with Gasteiger partial charge in [-0.05, 0) is 37.6 Å². The van der Waals surface area contributed by atoms with Crippen LogP contribution in [-0.2, 0) is 9.59 Å². The zero-order valence-corrected chi connectivity index (χ0v) is 15.5. The molecule has 0 saturated carbocycles. The summed E-state index contributed by atoms with van der Waals surface area (Å²) in [6.45, 7) is 5.16. The number of carbonyl (C=O) groups excluding carboxylic acids is 2. The quantitative estimate of drug-likeness (QED) is 0.712. The van der Waals surface area contributed by atoms with E-state index < -0.39 is 6.04 Å². The van der Waals surface area contributed by atoms with Crippen molar-refractivity contribution in [1.29, 1.82) is 0 Å². The zero-order valence-electron chi connectivity index (χ0n) is 15.5. The van der Waals surface area contributed by atoms with Gasteiger partial charge in [0.05, 0.1) is 18.8 Å². The van der Waals surface area contributed by atoms with Crippen LogP contribution in [0.1, 0.15) is 32.4 Å². The molecule has 138 valence electrons. The monoisotopic (exact) mass is 355 g/mol. The summed E-state index contributed by atoms with van der Waals surface area (Å²) in [6, 6.07) is 14.4. The molecule has 6 nitrogen and oxygen atoms in total. The number of methoxy groups -OCH3 is 1. The smallest absolute Gasteiger partial charge is 0.242 e. The van der Waals surface area contributed by atoms with E-state index in [1.54, 1.807) is 32.2 Å². The standard InChI is InChI=1S/C20H25N3O3/c1-13(16-8-6-5-7-9-16)22-20(25)14(2)21-18-12-17(23-15(3)24)10-11-19(18)26-4/h5-14,21H,1-4H3,(H,22,25)(H,23,24)/t13-,14+/m0/s1. The number of hydrogen-bond acceptors (Lipinski definition) is 4. The topological polar surface area (TPSA) is 79.5 Å². The van der Waals surface area contributed by atoms with Crippen LogP contribution in [0.15, 0.2) is 48.5 Å². The van der Waals surface area contributed by atoms with Crippen LogP contribution in [0.5, 0.6) is 5.75 Å². The molecule has 0 heterocycles. The highest BCUT2D eigenvalue weighted by atomic mass is 16.5. The normalized spacial score (nSPS) is 12.6. The molecule has 2 aromatic carbocycles. The lowest BCUT2D eigenvalue weighted by molar-refractivity contribution is -0.122. The fourth-order valence-corrected chi connectivity index (χ4v) is 2.56. The first kappa shape index (κ1) is 19.3. The predicted molar refractivity (Wildman–Crippen MR) is 103 cm³/mol. The molecule has 3 N–H and O–H groups in total. The first-order valence-electron chi connectivity index (χ1n) is 8.48. The van der Waals surface area contributed by atoms with Crippen LogP contribution >= 0.6 is 0 Å². The maximum atomic E-state index is 12.5. The van der Waals surface area contributed by atoms with Crippen LogP contribution in [0.2, 0.25) is 0 Å². The summed E-state index contributed by atoms with van der Waals surface area (Å²) in [7, 11) is 1.56.